The van der Waals surface area contributed by atoms with Crippen molar-refractivity contribution >= 4 is 28.1 Å². The standard InChI is InChI=1S/C25H25N3OS/c29-25(28-15-13-27(14-16-28)12-11-19-6-2-1-3-7-19)20-8-4-9-22-24(20)21(18-26-22)23-10-5-17-30-23/h1-10,17-18,26H,11-16H2. The number of nitrogens with zero attached hydrogens (tertiary/aromatic N) is 2. The Morgan fingerprint density at radius 2 is 1.77 bits per heavy atom. The van der Waals surface area contributed by atoms with Gasteiger partial charge >= 0.3 is 0 Å². The molecule has 30 heavy (non-hydrogen) atoms. The zero-order valence-electron chi connectivity index (χ0n) is 16.9. The number of carbonyl (C=O) groups is 1. The highest BCUT2D eigenvalue weighted by Gasteiger charge is 2.24. The van der Waals surface area contributed by atoms with Gasteiger partial charge in [-0.1, -0.05) is 42.5 Å². The molecule has 5 heteroatoms. The predicted octanol–water partition coefficient (Wildman–Crippen LogP) is 4.90. The predicted molar refractivity (Wildman–Crippen MR) is 124 cm³/mol. The Labute approximate surface area is 180 Å². The van der Waals surface area contributed by atoms with Crippen LogP contribution in [0.25, 0.3) is 21.3 Å². The van der Waals surface area contributed by atoms with Crippen molar-refractivity contribution in [2.75, 3.05) is 32.7 Å². The van der Waals surface area contributed by atoms with Gasteiger partial charge in [-0.3, -0.25) is 9.69 Å². The van der Waals surface area contributed by atoms with E-state index >= 15 is 0 Å². The summed E-state index contributed by atoms with van der Waals surface area (Å²) < 4.78 is 0. The molecule has 1 N–H and O–H groups in total. The first kappa shape index (κ1) is 19.1. The Bertz CT molecular complexity index is 1130. The van der Waals surface area contributed by atoms with Gasteiger partial charge in [-0.05, 0) is 35.6 Å². The first-order valence-corrected chi connectivity index (χ1v) is 11.4. The molecule has 2 aromatic carbocycles. The van der Waals surface area contributed by atoms with Gasteiger partial charge in [0.05, 0.1) is 0 Å². The molecule has 1 aliphatic rings. The normalized spacial score (nSPS) is 15.0. The van der Waals surface area contributed by atoms with Crippen molar-refractivity contribution in [2.45, 2.75) is 6.42 Å². The van der Waals surface area contributed by atoms with E-state index in [1.165, 1.54) is 10.4 Å². The lowest BCUT2D eigenvalue weighted by molar-refractivity contribution is 0.0640. The topological polar surface area (TPSA) is 39.3 Å². The monoisotopic (exact) mass is 415 g/mol. The summed E-state index contributed by atoms with van der Waals surface area (Å²) in [5, 5.41) is 3.12. The number of H-pyrrole nitrogens is 1. The number of amides is 1. The smallest absolute Gasteiger partial charge is 0.254 e. The largest absolute Gasteiger partial charge is 0.360 e. The molecule has 0 unspecified atom stereocenters. The number of benzene rings is 2. The number of carbonyl (C=O) groups excluding carboxylic acids is 1. The van der Waals surface area contributed by atoms with Crippen LogP contribution in [-0.2, 0) is 6.42 Å². The highest BCUT2D eigenvalue weighted by Crippen LogP contribution is 2.34. The minimum absolute atomic E-state index is 0.140. The summed E-state index contributed by atoms with van der Waals surface area (Å²) in [6, 6.07) is 20.8. The molecule has 1 amide bonds. The maximum Gasteiger partial charge on any atom is 0.254 e. The van der Waals surface area contributed by atoms with Crippen molar-refractivity contribution in [1.29, 1.82) is 0 Å². The first-order valence-electron chi connectivity index (χ1n) is 10.5. The molecule has 4 nitrogen and oxygen atoms in total. The maximum absolute atomic E-state index is 13.4. The summed E-state index contributed by atoms with van der Waals surface area (Å²) in [7, 11) is 0. The summed E-state index contributed by atoms with van der Waals surface area (Å²) in [5.41, 5.74) is 4.31. The van der Waals surface area contributed by atoms with Crippen LogP contribution in [0.5, 0.6) is 0 Å². The quantitative estimate of drug-likeness (QED) is 0.504. The van der Waals surface area contributed by atoms with Gasteiger partial charge in [0.2, 0.25) is 0 Å². The van der Waals surface area contributed by atoms with Crippen LogP contribution in [0.4, 0.5) is 0 Å². The molecule has 0 spiro atoms. The Balaban J connectivity index is 1.29. The number of piperazine rings is 1. The number of fused-ring (bicyclic) bond motifs is 1. The van der Waals surface area contributed by atoms with Crippen LogP contribution in [-0.4, -0.2) is 53.4 Å². The number of rotatable bonds is 5. The van der Waals surface area contributed by atoms with E-state index < -0.39 is 0 Å². The number of hydrogen-bond acceptors (Lipinski definition) is 3. The van der Waals surface area contributed by atoms with Crippen molar-refractivity contribution in [3.63, 3.8) is 0 Å². The second kappa shape index (κ2) is 8.46. The first-order chi connectivity index (χ1) is 14.8. The summed E-state index contributed by atoms with van der Waals surface area (Å²) in [5.74, 6) is 0.140. The molecule has 3 heterocycles. The van der Waals surface area contributed by atoms with Gasteiger partial charge in [-0.15, -0.1) is 11.3 Å². The van der Waals surface area contributed by atoms with Crippen LogP contribution in [0.1, 0.15) is 15.9 Å². The Morgan fingerprint density at radius 3 is 2.53 bits per heavy atom. The lowest BCUT2D eigenvalue weighted by Crippen LogP contribution is -2.49. The molecule has 0 bridgehead atoms. The van der Waals surface area contributed by atoms with E-state index in [0.717, 1.165) is 61.2 Å². The van der Waals surface area contributed by atoms with Crippen molar-refractivity contribution in [3.8, 4) is 10.4 Å². The summed E-state index contributed by atoms with van der Waals surface area (Å²) in [4.78, 5) is 22.4. The van der Waals surface area contributed by atoms with Crippen LogP contribution in [0.2, 0.25) is 0 Å². The van der Waals surface area contributed by atoms with Crippen molar-refractivity contribution < 1.29 is 4.79 Å². The number of thiophene rings is 1. The van der Waals surface area contributed by atoms with Gasteiger partial charge < -0.3 is 9.88 Å². The van der Waals surface area contributed by atoms with Gasteiger partial charge in [0.15, 0.2) is 0 Å². The van der Waals surface area contributed by atoms with E-state index in [4.69, 9.17) is 0 Å². The summed E-state index contributed by atoms with van der Waals surface area (Å²) in [6.45, 7) is 4.46. The van der Waals surface area contributed by atoms with Crippen molar-refractivity contribution in [2.24, 2.45) is 0 Å². The minimum atomic E-state index is 0.140. The fourth-order valence-electron chi connectivity index (χ4n) is 4.27. The molecule has 1 aliphatic heterocycles. The molecular weight excluding hydrogens is 390 g/mol. The van der Waals surface area contributed by atoms with E-state index in [9.17, 15) is 4.79 Å². The molecule has 0 aliphatic carbocycles. The highest BCUT2D eigenvalue weighted by molar-refractivity contribution is 7.13. The zero-order chi connectivity index (χ0) is 20.3. The maximum atomic E-state index is 13.4. The van der Waals surface area contributed by atoms with Gasteiger partial charge in [-0.2, -0.15) is 0 Å². The molecule has 5 rings (SSSR count). The molecule has 1 saturated heterocycles. The van der Waals surface area contributed by atoms with Gasteiger partial charge in [-0.25, -0.2) is 0 Å². The van der Waals surface area contributed by atoms with E-state index in [1.807, 2.05) is 29.3 Å². The summed E-state index contributed by atoms with van der Waals surface area (Å²) >= 11 is 1.70. The summed E-state index contributed by atoms with van der Waals surface area (Å²) in [6.07, 6.45) is 3.08. The molecule has 2 aromatic heterocycles. The third kappa shape index (κ3) is 3.78. The lowest BCUT2D eigenvalue weighted by atomic mass is 10.0. The second-order valence-corrected chi connectivity index (χ2v) is 8.72. The molecule has 0 atom stereocenters. The third-order valence-electron chi connectivity index (χ3n) is 5.94. The van der Waals surface area contributed by atoms with Crippen LogP contribution in [0.15, 0.2) is 72.2 Å². The zero-order valence-corrected chi connectivity index (χ0v) is 17.7. The van der Waals surface area contributed by atoms with Crippen LogP contribution in [0, 0.1) is 0 Å². The second-order valence-electron chi connectivity index (χ2n) is 7.78. The number of nitrogens with one attached hydrogen (secondary N) is 1. The van der Waals surface area contributed by atoms with Gasteiger partial charge in [0.1, 0.15) is 0 Å². The fourth-order valence-corrected chi connectivity index (χ4v) is 5.01. The molecular formula is C25H25N3OS. The molecule has 1 fully saturated rings. The number of aromatic nitrogens is 1. The minimum Gasteiger partial charge on any atom is -0.360 e. The lowest BCUT2D eigenvalue weighted by Gasteiger charge is -2.35. The van der Waals surface area contributed by atoms with Crippen LogP contribution < -0.4 is 0 Å². The van der Waals surface area contributed by atoms with Gasteiger partial charge in [0.25, 0.3) is 5.91 Å². The highest BCUT2D eigenvalue weighted by atomic mass is 32.1. The van der Waals surface area contributed by atoms with Crippen molar-refractivity contribution in [1.82, 2.24) is 14.8 Å². The molecule has 152 valence electrons. The van der Waals surface area contributed by atoms with Crippen molar-refractivity contribution in [3.05, 3.63) is 83.4 Å². The molecule has 0 saturated carbocycles. The van der Waals surface area contributed by atoms with E-state index in [0.29, 0.717) is 0 Å². The SMILES string of the molecule is O=C(c1cccc2[nH]cc(-c3cccs3)c12)N1CCN(CCc2ccccc2)CC1. The van der Waals surface area contributed by atoms with Crippen LogP contribution >= 0.6 is 11.3 Å². The number of aromatic amines is 1. The third-order valence-corrected chi connectivity index (χ3v) is 6.85. The molecule has 4 aromatic rings. The Kier molecular flexibility index (Phi) is 5.39. The molecule has 0 radical (unpaired) electrons. The average molecular weight is 416 g/mol. The van der Waals surface area contributed by atoms with E-state index in [1.54, 1.807) is 11.3 Å². The van der Waals surface area contributed by atoms with Gasteiger partial charge in [0, 0.05) is 65.8 Å². The Hall–Kier alpha value is -2.89. The number of hydrogen-bond donors (Lipinski definition) is 1. The average Bonchev–Trinajstić information content (AvgIpc) is 3.48. The Morgan fingerprint density at radius 1 is 0.933 bits per heavy atom. The van der Waals surface area contributed by atoms with E-state index in [2.05, 4.69) is 57.7 Å². The fraction of sp³-hybridized carbons (Fsp3) is 0.240. The van der Waals surface area contributed by atoms with Crippen LogP contribution in [0.3, 0.4) is 0 Å². The van der Waals surface area contributed by atoms with E-state index in [-0.39, 0.29) is 5.91 Å².